The van der Waals surface area contributed by atoms with Crippen LogP contribution in [-0.4, -0.2) is 0 Å². The quantitative estimate of drug-likeness (QED) is 0.561. The summed E-state index contributed by atoms with van der Waals surface area (Å²) >= 11 is 0. The first-order valence-electron chi connectivity index (χ1n) is 7.33. The van der Waals surface area contributed by atoms with Gasteiger partial charge in [-0.15, -0.1) is 0 Å². The summed E-state index contributed by atoms with van der Waals surface area (Å²) in [6.45, 7) is 4.50. The van der Waals surface area contributed by atoms with Gasteiger partial charge < -0.3 is 0 Å². The molecule has 0 unspecified atom stereocenters. The molecule has 0 amide bonds. The summed E-state index contributed by atoms with van der Waals surface area (Å²) in [6.07, 6.45) is 8.88. The lowest BCUT2D eigenvalue weighted by atomic mass is 9.88. The van der Waals surface area contributed by atoms with Crippen LogP contribution in [0.2, 0.25) is 0 Å². The SMILES string of the molecule is Cc1cc(C)c2c(c1C1=CC=CC1)Cc1ccccc1-2. The maximum atomic E-state index is 2.36. The highest BCUT2D eigenvalue weighted by molar-refractivity contribution is 5.87. The first-order valence-corrected chi connectivity index (χ1v) is 7.33. The Balaban J connectivity index is 2.01. The van der Waals surface area contributed by atoms with E-state index in [4.69, 9.17) is 0 Å². The van der Waals surface area contributed by atoms with Crippen molar-refractivity contribution in [2.24, 2.45) is 0 Å². The second-order valence-electron chi connectivity index (χ2n) is 5.90. The third kappa shape index (κ3) is 1.54. The van der Waals surface area contributed by atoms with Crippen LogP contribution in [0, 0.1) is 13.8 Å². The second-order valence-corrected chi connectivity index (χ2v) is 5.90. The summed E-state index contributed by atoms with van der Waals surface area (Å²) in [5.74, 6) is 0. The lowest BCUT2D eigenvalue weighted by Crippen LogP contribution is -1.97. The molecule has 2 aliphatic rings. The molecule has 0 saturated heterocycles. The van der Waals surface area contributed by atoms with E-state index in [1.807, 2.05) is 0 Å². The van der Waals surface area contributed by atoms with E-state index in [1.54, 1.807) is 5.56 Å². The van der Waals surface area contributed by atoms with Gasteiger partial charge in [-0.05, 0) is 71.2 Å². The largest absolute Gasteiger partial charge is 0.0801 e. The van der Waals surface area contributed by atoms with Gasteiger partial charge in [-0.3, -0.25) is 0 Å². The van der Waals surface area contributed by atoms with Gasteiger partial charge in [0.25, 0.3) is 0 Å². The molecule has 0 fully saturated rings. The van der Waals surface area contributed by atoms with Crippen molar-refractivity contribution in [2.75, 3.05) is 0 Å². The molecule has 0 heteroatoms. The Bertz CT molecular complexity index is 773. The molecule has 0 aliphatic heterocycles. The summed E-state index contributed by atoms with van der Waals surface area (Å²) in [5, 5.41) is 0. The van der Waals surface area contributed by atoms with Crippen LogP contribution in [0.25, 0.3) is 16.7 Å². The molecule has 0 heterocycles. The van der Waals surface area contributed by atoms with Gasteiger partial charge >= 0.3 is 0 Å². The van der Waals surface area contributed by atoms with E-state index in [-0.39, 0.29) is 0 Å². The average Bonchev–Trinajstić information content (AvgIpc) is 3.05. The van der Waals surface area contributed by atoms with Crippen LogP contribution in [0.3, 0.4) is 0 Å². The van der Waals surface area contributed by atoms with Crippen LogP contribution < -0.4 is 0 Å². The van der Waals surface area contributed by atoms with E-state index in [0.717, 1.165) is 12.8 Å². The van der Waals surface area contributed by atoms with Crippen molar-refractivity contribution in [1.29, 1.82) is 0 Å². The fraction of sp³-hybridized carbons (Fsp3) is 0.200. The van der Waals surface area contributed by atoms with Crippen LogP contribution in [0.15, 0.2) is 48.6 Å². The van der Waals surface area contributed by atoms with E-state index in [1.165, 1.54) is 39.0 Å². The number of benzene rings is 2. The zero-order chi connectivity index (χ0) is 13.7. The normalized spacial score (nSPS) is 15.2. The fourth-order valence-electron chi connectivity index (χ4n) is 3.81. The number of allylic oxidation sites excluding steroid dienone is 4. The first kappa shape index (κ1) is 11.7. The Morgan fingerprint density at radius 2 is 1.75 bits per heavy atom. The molecular weight excluding hydrogens is 240 g/mol. The minimum atomic E-state index is 1.08. The van der Waals surface area contributed by atoms with Gasteiger partial charge in [0.1, 0.15) is 0 Å². The summed E-state index contributed by atoms with van der Waals surface area (Å²) in [5.41, 5.74) is 11.7. The zero-order valence-electron chi connectivity index (χ0n) is 12.0. The predicted octanol–water partition coefficient (Wildman–Crippen LogP) is 5.22. The van der Waals surface area contributed by atoms with Crippen LogP contribution in [0.1, 0.15) is 34.2 Å². The molecule has 4 rings (SSSR count). The Labute approximate surface area is 120 Å². The number of aryl methyl sites for hydroxylation is 2. The van der Waals surface area contributed by atoms with Crippen molar-refractivity contribution in [3.63, 3.8) is 0 Å². The lowest BCUT2D eigenvalue weighted by molar-refractivity contribution is 1.20. The van der Waals surface area contributed by atoms with E-state index < -0.39 is 0 Å². The lowest BCUT2D eigenvalue weighted by Gasteiger charge is -2.16. The van der Waals surface area contributed by atoms with Gasteiger partial charge in [0.2, 0.25) is 0 Å². The number of hydrogen-bond donors (Lipinski definition) is 0. The third-order valence-electron chi connectivity index (χ3n) is 4.57. The maximum absolute atomic E-state index is 2.36. The highest BCUT2D eigenvalue weighted by Crippen LogP contribution is 2.44. The van der Waals surface area contributed by atoms with Gasteiger partial charge in [-0.2, -0.15) is 0 Å². The highest BCUT2D eigenvalue weighted by Gasteiger charge is 2.25. The molecule has 2 aromatic carbocycles. The summed E-state index contributed by atoms with van der Waals surface area (Å²) in [7, 11) is 0. The molecule has 0 bridgehead atoms. The zero-order valence-corrected chi connectivity index (χ0v) is 12.0. The fourth-order valence-corrected chi connectivity index (χ4v) is 3.81. The summed E-state index contributed by atoms with van der Waals surface area (Å²) in [6, 6.07) is 11.2. The molecule has 0 nitrogen and oxygen atoms in total. The van der Waals surface area contributed by atoms with Crippen LogP contribution in [0.5, 0.6) is 0 Å². The van der Waals surface area contributed by atoms with Gasteiger partial charge in [0.05, 0.1) is 0 Å². The van der Waals surface area contributed by atoms with E-state index in [0.29, 0.717) is 0 Å². The summed E-state index contributed by atoms with van der Waals surface area (Å²) in [4.78, 5) is 0. The highest BCUT2D eigenvalue weighted by atomic mass is 14.3. The van der Waals surface area contributed by atoms with Crippen LogP contribution >= 0.6 is 0 Å². The Hall–Kier alpha value is -2.08. The van der Waals surface area contributed by atoms with Crippen LogP contribution in [-0.2, 0) is 6.42 Å². The molecule has 0 atom stereocenters. The Morgan fingerprint density at radius 1 is 0.950 bits per heavy atom. The average molecular weight is 258 g/mol. The summed E-state index contributed by atoms with van der Waals surface area (Å²) < 4.78 is 0. The van der Waals surface area contributed by atoms with Gasteiger partial charge in [-0.1, -0.05) is 48.6 Å². The monoisotopic (exact) mass is 258 g/mol. The Morgan fingerprint density at radius 3 is 2.55 bits per heavy atom. The molecule has 0 radical (unpaired) electrons. The molecule has 0 N–H and O–H groups in total. The first-order chi connectivity index (χ1) is 9.75. The number of fused-ring (bicyclic) bond motifs is 3. The molecule has 20 heavy (non-hydrogen) atoms. The van der Waals surface area contributed by atoms with E-state index in [2.05, 4.69) is 62.4 Å². The number of hydrogen-bond acceptors (Lipinski definition) is 0. The van der Waals surface area contributed by atoms with Crippen molar-refractivity contribution >= 4 is 5.57 Å². The van der Waals surface area contributed by atoms with Crippen molar-refractivity contribution in [3.05, 3.63) is 76.4 Å². The van der Waals surface area contributed by atoms with E-state index >= 15 is 0 Å². The maximum Gasteiger partial charge on any atom is -0.000720 e. The minimum Gasteiger partial charge on any atom is -0.0801 e. The van der Waals surface area contributed by atoms with Crippen molar-refractivity contribution in [2.45, 2.75) is 26.7 Å². The Kier molecular flexibility index (Phi) is 2.47. The molecule has 2 aromatic rings. The van der Waals surface area contributed by atoms with Gasteiger partial charge in [-0.25, -0.2) is 0 Å². The second kappa shape index (κ2) is 4.21. The van der Waals surface area contributed by atoms with Crippen molar-refractivity contribution < 1.29 is 0 Å². The molecule has 98 valence electrons. The predicted molar refractivity (Wildman–Crippen MR) is 85.9 cm³/mol. The molecule has 2 aliphatic carbocycles. The van der Waals surface area contributed by atoms with Crippen molar-refractivity contribution in [1.82, 2.24) is 0 Å². The third-order valence-corrected chi connectivity index (χ3v) is 4.57. The van der Waals surface area contributed by atoms with Crippen molar-refractivity contribution in [3.8, 4) is 11.1 Å². The minimum absolute atomic E-state index is 1.08. The molecule has 0 spiro atoms. The van der Waals surface area contributed by atoms with Gasteiger partial charge in [0, 0.05) is 0 Å². The smallest absolute Gasteiger partial charge is 0.000720 e. The molecular formula is C20H18. The molecule has 0 saturated carbocycles. The molecule has 0 aromatic heterocycles. The van der Waals surface area contributed by atoms with Crippen LogP contribution in [0.4, 0.5) is 0 Å². The van der Waals surface area contributed by atoms with E-state index in [9.17, 15) is 0 Å². The van der Waals surface area contributed by atoms with Gasteiger partial charge in [0.15, 0.2) is 0 Å². The number of rotatable bonds is 1. The standard InChI is InChI=1S/C20H18/c1-13-11-14(2)20-17-10-6-5-9-16(17)12-18(20)19(13)15-7-3-4-8-15/h3-7,9-11H,8,12H2,1-2H3. The topological polar surface area (TPSA) is 0 Å².